The molecule has 1 aliphatic heterocycles. The largest absolute Gasteiger partial charge is 0.503 e. The summed E-state index contributed by atoms with van der Waals surface area (Å²) < 4.78 is 12.9. The van der Waals surface area contributed by atoms with Crippen molar-refractivity contribution < 1.29 is 14.6 Å². The summed E-state index contributed by atoms with van der Waals surface area (Å²) in [7, 11) is 0. The minimum Gasteiger partial charge on any atom is -0.503 e. The fraction of sp³-hybridized carbons (Fsp3) is 0.421. The second kappa shape index (κ2) is 9.62. The number of hydrogen-bond donors (Lipinski definition) is 1. The lowest BCUT2D eigenvalue weighted by atomic mass is 10.2. The lowest BCUT2D eigenvalue weighted by Gasteiger charge is -2.26. The Morgan fingerprint density at radius 1 is 1.15 bits per heavy atom. The van der Waals surface area contributed by atoms with Crippen LogP contribution in [0.5, 0.6) is 11.5 Å². The van der Waals surface area contributed by atoms with Crippen molar-refractivity contribution in [3.05, 3.63) is 52.4 Å². The van der Waals surface area contributed by atoms with Crippen LogP contribution in [0.25, 0.3) is 5.69 Å². The second-order valence-corrected chi connectivity index (χ2v) is 6.13. The molecule has 0 radical (unpaired) electrons. The lowest BCUT2D eigenvalue weighted by molar-refractivity contribution is 0.0358. The standard InChI is InChI=1S/C19H24N2O4.ClH/c1-15-19(23)18(22)7-9-21(15)16-3-5-17(6-4-16)25-12-2-8-20-10-13-24-14-11-20;/h3-7,9,23H,2,8,10-14H2,1H3;1H. The Balaban J connectivity index is 0.00000243. The van der Waals surface area contributed by atoms with E-state index in [4.69, 9.17) is 9.47 Å². The van der Waals surface area contributed by atoms with E-state index >= 15 is 0 Å². The predicted octanol–water partition coefficient (Wildman–Crippen LogP) is 2.37. The van der Waals surface area contributed by atoms with Gasteiger partial charge in [-0.05, 0) is 37.6 Å². The van der Waals surface area contributed by atoms with E-state index in [1.165, 1.54) is 6.07 Å². The Kier molecular flexibility index (Phi) is 7.50. The average Bonchev–Trinajstić information content (AvgIpc) is 2.65. The molecule has 26 heavy (non-hydrogen) atoms. The molecular formula is C19H25ClN2O4. The van der Waals surface area contributed by atoms with E-state index < -0.39 is 0 Å². The van der Waals surface area contributed by atoms with E-state index in [1.54, 1.807) is 17.7 Å². The third-order valence-electron chi connectivity index (χ3n) is 4.42. The minimum absolute atomic E-state index is 0. The van der Waals surface area contributed by atoms with Crippen LogP contribution in [0.15, 0.2) is 41.3 Å². The summed E-state index contributed by atoms with van der Waals surface area (Å²) in [6.45, 7) is 7.06. The monoisotopic (exact) mass is 380 g/mol. The van der Waals surface area contributed by atoms with Crippen LogP contribution >= 0.6 is 12.4 Å². The minimum atomic E-state index is -0.367. The first-order chi connectivity index (χ1) is 12.1. The van der Waals surface area contributed by atoms with Crippen molar-refractivity contribution in [2.45, 2.75) is 13.3 Å². The summed E-state index contributed by atoms with van der Waals surface area (Å²) in [4.78, 5) is 13.8. The number of rotatable bonds is 6. The fourth-order valence-corrected chi connectivity index (χ4v) is 2.91. The molecule has 1 aromatic carbocycles. The summed E-state index contributed by atoms with van der Waals surface area (Å²) in [6, 6.07) is 8.98. The molecule has 0 aliphatic carbocycles. The van der Waals surface area contributed by atoms with Gasteiger partial charge in [0.1, 0.15) is 5.75 Å². The molecule has 3 rings (SSSR count). The van der Waals surface area contributed by atoms with E-state index in [0.29, 0.717) is 12.3 Å². The van der Waals surface area contributed by atoms with Gasteiger partial charge in [-0.1, -0.05) is 0 Å². The van der Waals surface area contributed by atoms with Crippen molar-refractivity contribution in [1.29, 1.82) is 0 Å². The van der Waals surface area contributed by atoms with Gasteiger partial charge in [0.25, 0.3) is 0 Å². The molecule has 0 spiro atoms. The maximum atomic E-state index is 11.4. The molecule has 2 heterocycles. The molecule has 1 aliphatic rings. The first-order valence-electron chi connectivity index (χ1n) is 8.60. The van der Waals surface area contributed by atoms with Gasteiger partial charge in [-0.15, -0.1) is 12.4 Å². The Labute approximate surface area is 159 Å². The quantitative estimate of drug-likeness (QED) is 0.779. The number of aromatic hydroxyl groups is 1. The molecule has 6 nitrogen and oxygen atoms in total. The smallest absolute Gasteiger partial charge is 0.223 e. The van der Waals surface area contributed by atoms with Gasteiger partial charge in [0.05, 0.1) is 25.5 Å². The van der Waals surface area contributed by atoms with Crippen LogP contribution in [0, 0.1) is 6.92 Å². The van der Waals surface area contributed by atoms with Crippen LogP contribution < -0.4 is 10.2 Å². The first kappa shape index (κ1) is 20.3. The highest BCUT2D eigenvalue weighted by Crippen LogP contribution is 2.19. The van der Waals surface area contributed by atoms with Gasteiger partial charge < -0.3 is 19.1 Å². The number of benzene rings is 1. The molecular weight excluding hydrogens is 356 g/mol. The number of pyridine rings is 1. The van der Waals surface area contributed by atoms with Gasteiger partial charge in [0, 0.05) is 37.6 Å². The number of morpholine rings is 1. The van der Waals surface area contributed by atoms with Crippen LogP contribution in [0.1, 0.15) is 12.1 Å². The van der Waals surface area contributed by atoms with Gasteiger partial charge in [0.2, 0.25) is 5.43 Å². The molecule has 1 fully saturated rings. The maximum absolute atomic E-state index is 11.4. The van der Waals surface area contributed by atoms with Crippen LogP contribution in [-0.4, -0.2) is 54.0 Å². The maximum Gasteiger partial charge on any atom is 0.223 e. The van der Waals surface area contributed by atoms with Crippen LogP contribution in [0.4, 0.5) is 0 Å². The molecule has 142 valence electrons. The highest BCUT2D eigenvalue weighted by Gasteiger charge is 2.09. The Morgan fingerprint density at radius 3 is 2.54 bits per heavy atom. The normalized spacial score (nSPS) is 14.7. The molecule has 1 N–H and O–H groups in total. The number of aromatic nitrogens is 1. The zero-order valence-corrected chi connectivity index (χ0v) is 15.7. The van der Waals surface area contributed by atoms with Crippen molar-refractivity contribution in [2.75, 3.05) is 39.5 Å². The zero-order valence-electron chi connectivity index (χ0n) is 14.9. The van der Waals surface area contributed by atoms with Crippen molar-refractivity contribution in [3.8, 4) is 17.2 Å². The lowest BCUT2D eigenvalue weighted by Crippen LogP contribution is -2.37. The van der Waals surface area contributed by atoms with Gasteiger partial charge in [-0.25, -0.2) is 0 Å². The third-order valence-corrected chi connectivity index (χ3v) is 4.42. The number of nitrogens with zero attached hydrogens (tertiary/aromatic N) is 2. The second-order valence-electron chi connectivity index (χ2n) is 6.13. The van der Waals surface area contributed by atoms with E-state index in [1.807, 2.05) is 24.3 Å². The molecule has 0 unspecified atom stereocenters. The first-order valence-corrected chi connectivity index (χ1v) is 8.60. The van der Waals surface area contributed by atoms with Gasteiger partial charge in [0.15, 0.2) is 5.75 Å². The predicted molar refractivity (Wildman–Crippen MR) is 103 cm³/mol. The number of ether oxygens (including phenoxy) is 2. The summed E-state index contributed by atoms with van der Waals surface area (Å²) >= 11 is 0. The number of halogens is 1. The summed E-state index contributed by atoms with van der Waals surface area (Å²) in [6.07, 6.45) is 2.64. The van der Waals surface area contributed by atoms with Crippen molar-refractivity contribution in [3.63, 3.8) is 0 Å². The highest BCUT2D eigenvalue weighted by molar-refractivity contribution is 5.85. The molecule has 1 saturated heterocycles. The Bertz CT molecular complexity index is 755. The Morgan fingerprint density at radius 2 is 1.85 bits per heavy atom. The van der Waals surface area contributed by atoms with Gasteiger partial charge >= 0.3 is 0 Å². The van der Waals surface area contributed by atoms with Crippen molar-refractivity contribution in [1.82, 2.24) is 9.47 Å². The van der Waals surface area contributed by atoms with E-state index in [0.717, 1.165) is 50.7 Å². The molecule has 0 atom stereocenters. The van der Waals surface area contributed by atoms with E-state index in [-0.39, 0.29) is 23.6 Å². The zero-order chi connectivity index (χ0) is 17.6. The van der Waals surface area contributed by atoms with E-state index in [9.17, 15) is 9.90 Å². The van der Waals surface area contributed by atoms with Crippen LogP contribution in [0.2, 0.25) is 0 Å². The van der Waals surface area contributed by atoms with Crippen molar-refractivity contribution in [2.24, 2.45) is 0 Å². The number of hydrogen-bond acceptors (Lipinski definition) is 5. The van der Waals surface area contributed by atoms with Crippen molar-refractivity contribution >= 4 is 12.4 Å². The summed E-state index contributed by atoms with van der Waals surface area (Å²) in [5.41, 5.74) is 1.02. The fourth-order valence-electron chi connectivity index (χ4n) is 2.91. The molecule has 0 saturated carbocycles. The summed E-state index contributed by atoms with van der Waals surface area (Å²) in [5, 5.41) is 9.78. The SMILES string of the molecule is Cc1c(O)c(=O)ccn1-c1ccc(OCCCN2CCOCC2)cc1.Cl. The van der Waals surface area contributed by atoms with Crippen LogP contribution in [0.3, 0.4) is 0 Å². The topological polar surface area (TPSA) is 63.9 Å². The van der Waals surface area contributed by atoms with E-state index in [2.05, 4.69) is 4.90 Å². The molecule has 1 aromatic heterocycles. The third kappa shape index (κ3) is 5.00. The van der Waals surface area contributed by atoms with Crippen LogP contribution in [-0.2, 0) is 4.74 Å². The molecule has 0 bridgehead atoms. The van der Waals surface area contributed by atoms with Gasteiger partial charge in [-0.2, -0.15) is 0 Å². The van der Waals surface area contributed by atoms with Gasteiger partial charge in [-0.3, -0.25) is 9.69 Å². The molecule has 7 heteroatoms. The highest BCUT2D eigenvalue weighted by atomic mass is 35.5. The Hall–Kier alpha value is -2.02. The molecule has 2 aromatic rings. The molecule has 0 amide bonds. The summed E-state index contributed by atoms with van der Waals surface area (Å²) in [5.74, 6) is 0.597. The average molecular weight is 381 g/mol.